The highest BCUT2D eigenvalue weighted by Gasteiger charge is 2.14. The summed E-state index contributed by atoms with van der Waals surface area (Å²) >= 11 is 0. The maximum absolute atomic E-state index is 11.9. The van der Waals surface area contributed by atoms with Crippen molar-refractivity contribution in [2.75, 3.05) is 6.54 Å². The summed E-state index contributed by atoms with van der Waals surface area (Å²) in [5, 5.41) is 16.5. The van der Waals surface area contributed by atoms with Crippen molar-refractivity contribution in [3.63, 3.8) is 0 Å². The van der Waals surface area contributed by atoms with Gasteiger partial charge in [0.25, 0.3) is 0 Å². The molecule has 1 amide bonds. The van der Waals surface area contributed by atoms with Gasteiger partial charge in [0.1, 0.15) is 5.76 Å². The normalized spacial score (nSPS) is 12.1. The second-order valence-electron chi connectivity index (χ2n) is 5.13. The molecule has 1 heterocycles. The van der Waals surface area contributed by atoms with Crippen LogP contribution in [-0.2, 0) is 17.6 Å². The molecule has 0 aliphatic carbocycles. The van der Waals surface area contributed by atoms with Gasteiger partial charge in [-0.15, -0.1) is 0 Å². The number of hydrogen-bond acceptors (Lipinski definition) is 4. The minimum Gasteiger partial charge on any atom is -0.391 e. The predicted molar refractivity (Wildman–Crippen MR) is 78.8 cm³/mol. The minimum atomic E-state index is -0.596. The average molecular weight is 288 g/mol. The lowest BCUT2D eigenvalue weighted by atomic mass is 10.1. The molecule has 0 fully saturated rings. The van der Waals surface area contributed by atoms with E-state index in [1.807, 2.05) is 37.3 Å². The number of benzene rings is 1. The van der Waals surface area contributed by atoms with Crippen LogP contribution in [0.4, 0.5) is 0 Å². The first-order valence-electron chi connectivity index (χ1n) is 6.96. The Bertz CT molecular complexity index is 573. The maximum atomic E-state index is 11.9. The summed E-state index contributed by atoms with van der Waals surface area (Å²) in [5.41, 5.74) is 2.59. The van der Waals surface area contributed by atoms with Crippen LogP contribution in [0.2, 0.25) is 0 Å². The van der Waals surface area contributed by atoms with Crippen LogP contribution in [0.3, 0.4) is 0 Å². The first-order valence-corrected chi connectivity index (χ1v) is 6.96. The largest absolute Gasteiger partial charge is 0.391 e. The van der Waals surface area contributed by atoms with Gasteiger partial charge in [0, 0.05) is 18.5 Å². The first kappa shape index (κ1) is 15.3. The van der Waals surface area contributed by atoms with E-state index in [2.05, 4.69) is 10.5 Å². The Hall–Kier alpha value is -2.14. The van der Waals surface area contributed by atoms with Crippen molar-refractivity contribution in [1.29, 1.82) is 0 Å². The van der Waals surface area contributed by atoms with E-state index in [1.165, 1.54) is 0 Å². The van der Waals surface area contributed by atoms with E-state index < -0.39 is 6.10 Å². The van der Waals surface area contributed by atoms with Crippen molar-refractivity contribution in [2.45, 2.75) is 32.8 Å². The predicted octanol–water partition coefficient (Wildman–Crippen LogP) is 1.55. The van der Waals surface area contributed by atoms with Gasteiger partial charge in [0.05, 0.1) is 18.2 Å². The monoisotopic (exact) mass is 288 g/mol. The molecule has 1 atom stereocenters. The lowest BCUT2D eigenvalue weighted by Gasteiger charge is -2.12. The van der Waals surface area contributed by atoms with Gasteiger partial charge < -0.3 is 14.9 Å². The second-order valence-corrected chi connectivity index (χ2v) is 5.13. The summed E-state index contributed by atoms with van der Waals surface area (Å²) < 4.78 is 5.02. The van der Waals surface area contributed by atoms with Crippen molar-refractivity contribution in [1.82, 2.24) is 10.5 Å². The number of hydrogen-bond donors (Lipinski definition) is 2. The van der Waals surface area contributed by atoms with Crippen LogP contribution in [0.1, 0.15) is 22.6 Å². The molecule has 0 aliphatic rings. The number of amides is 1. The van der Waals surface area contributed by atoms with Crippen LogP contribution in [0.5, 0.6) is 0 Å². The molecule has 0 spiro atoms. The zero-order chi connectivity index (χ0) is 15.2. The van der Waals surface area contributed by atoms with Crippen molar-refractivity contribution >= 4 is 5.91 Å². The van der Waals surface area contributed by atoms with Gasteiger partial charge in [0.2, 0.25) is 5.91 Å². The van der Waals surface area contributed by atoms with Gasteiger partial charge in [-0.2, -0.15) is 0 Å². The molecule has 112 valence electrons. The third-order valence-electron chi connectivity index (χ3n) is 3.37. The van der Waals surface area contributed by atoms with Crippen molar-refractivity contribution in [2.24, 2.45) is 0 Å². The first-order chi connectivity index (χ1) is 10.1. The summed E-state index contributed by atoms with van der Waals surface area (Å²) in [6, 6.07) is 9.70. The highest BCUT2D eigenvalue weighted by atomic mass is 16.5. The molecule has 0 aliphatic heterocycles. The molecule has 0 saturated carbocycles. The summed E-state index contributed by atoms with van der Waals surface area (Å²) in [4.78, 5) is 11.9. The number of carbonyl (C=O) groups excluding carboxylic acids is 1. The SMILES string of the molecule is Cc1noc(C)c1CC(=O)NCC(O)Cc1ccccc1. The number of carbonyl (C=O) groups is 1. The fourth-order valence-electron chi connectivity index (χ4n) is 2.17. The van der Waals surface area contributed by atoms with Crippen LogP contribution >= 0.6 is 0 Å². The van der Waals surface area contributed by atoms with E-state index in [1.54, 1.807) is 6.92 Å². The molecule has 0 radical (unpaired) electrons. The number of aliphatic hydroxyl groups excluding tert-OH is 1. The average Bonchev–Trinajstić information content (AvgIpc) is 2.78. The number of aromatic nitrogens is 1. The Morgan fingerprint density at radius 2 is 2.05 bits per heavy atom. The van der Waals surface area contributed by atoms with E-state index in [9.17, 15) is 9.90 Å². The standard InChI is InChI=1S/C16H20N2O3/c1-11-15(12(2)21-18-11)9-16(20)17-10-14(19)8-13-6-4-3-5-7-13/h3-7,14,19H,8-10H2,1-2H3,(H,17,20). The molecular weight excluding hydrogens is 268 g/mol. The Kier molecular flexibility index (Phi) is 5.11. The van der Waals surface area contributed by atoms with Crippen LogP contribution in [0, 0.1) is 13.8 Å². The van der Waals surface area contributed by atoms with E-state index in [-0.39, 0.29) is 18.9 Å². The molecule has 2 rings (SSSR count). The van der Waals surface area contributed by atoms with Gasteiger partial charge in [-0.3, -0.25) is 4.79 Å². The Morgan fingerprint density at radius 3 is 2.67 bits per heavy atom. The molecule has 0 bridgehead atoms. The summed E-state index contributed by atoms with van der Waals surface area (Å²) in [7, 11) is 0. The summed E-state index contributed by atoms with van der Waals surface area (Å²) in [6.07, 6.45) is 0.145. The zero-order valence-corrected chi connectivity index (χ0v) is 12.3. The third-order valence-corrected chi connectivity index (χ3v) is 3.37. The Morgan fingerprint density at radius 1 is 1.33 bits per heavy atom. The molecule has 1 aromatic heterocycles. The molecule has 2 N–H and O–H groups in total. The van der Waals surface area contributed by atoms with Gasteiger partial charge in [-0.05, 0) is 19.4 Å². The van der Waals surface area contributed by atoms with Gasteiger partial charge in [0.15, 0.2) is 0 Å². The second kappa shape index (κ2) is 7.04. The van der Waals surface area contributed by atoms with E-state index >= 15 is 0 Å². The topological polar surface area (TPSA) is 75.4 Å². The lowest BCUT2D eigenvalue weighted by Crippen LogP contribution is -2.34. The summed E-state index contributed by atoms with van der Waals surface area (Å²) in [6.45, 7) is 3.83. The molecule has 5 nitrogen and oxygen atoms in total. The maximum Gasteiger partial charge on any atom is 0.224 e. The van der Waals surface area contributed by atoms with Crippen LogP contribution in [0.25, 0.3) is 0 Å². The molecule has 0 saturated heterocycles. The summed E-state index contributed by atoms with van der Waals surface area (Å²) in [5.74, 6) is 0.518. The van der Waals surface area contributed by atoms with Crippen LogP contribution in [-0.4, -0.2) is 28.8 Å². The van der Waals surface area contributed by atoms with Crippen LogP contribution in [0.15, 0.2) is 34.9 Å². The van der Waals surface area contributed by atoms with Crippen molar-refractivity contribution < 1.29 is 14.4 Å². The smallest absolute Gasteiger partial charge is 0.224 e. The van der Waals surface area contributed by atoms with Crippen LogP contribution < -0.4 is 5.32 Å². The molecule has 2 aromatic rings. The Labute approximate surface area is 124 Å². The van der Waals surface area contributed by atoms with Gasteiger partial charge in [-0.1, -0.05) is 35.5 Å². The molecule has 1 unspecified atom stereocenters. The van der Waals surface area contributed by atoms with E-state index in [0.29, 0.717) is 12.2 Å². The van der Waals surface area contributed by atoms with E-state index in [4.69, 9.17) is 4.52 Å². The number of rotatable bonds is 6. The number of nitrogens with zero attached hydrogens (tertiary/aromatic N) is 1. The third kappa shape index (κ3) is 4.43. The highest BCUT2D eigenvalue weighted by molar-refractivity contribution is 5.79. The highest BCUT2D eigenvalue weighted by Crippen LogP contribution is 2.12. The number of nitrogens with one attached hydrogen (secondary N) is 1. The zero-order valence-electron chi connectivity index (χ0n) is 12.3. The number of aliphatic hydroxyl groups is 1. The van der Waals surface area contributed by atoms with Crippen molar-refractivity contribution in [3.8, 4) is 0 Å². The fraction of sp³-hybridized carbons (Fsp3) is 0.375. The lowest BCUT2D eigenvalue weighted by molar-refractivity contribution is -0.120. The van der Waals surface area contributed by atoms with Gasteiger partial charge in [-0.25, -0.2) is 0 Å². The fourth-order valence-corrected chi connectivity index (χ4v) is 2.17. The van der Waals surface area contributed by atoms with Crippen molar-refractivity contribution in [3.05, 3.63) is 52.9 Å². The quantitative estimate of drug-likeness (QED) is 0.845. The molecular formula is C16H20N2O3. The molecule has 21 heavy (non-hydrogen) atoms. The van der Waals surface area contributed by atoms with Gasteiger partial charge >= 0.3 is 0 Å². The minimum absolute atomic E-state index is 0.142. The molecule has 1 aromatic carbocycles. The van der Waals surface area contributed by atoms with E-state index in [0.717, 1.165) is 16.8 Å². The number of aryl methyl sites for hydroxylation is 2. The Balaban J connectivity index is 1.79. The molecule has 5 heteroatoms.